The van der Waals surface area contributed by atoms with Gasteiger partial charge in [-0.15, -0.1) is 11.3 Å². The van der Waals surface area contributed by atoms with Crippen LogP contribution in [0.3, 0.4) is 0 Å². The number of nitrogens with two attached hydrogens (primary N) is 1. The van der Waals surface area contributed by atoms with E-state index in [1.165, 1.54) is 10.6 Å². The predicted molar refractivity (Wildman–Crippen MR) is 109 cm³/mol. The Morgan fingerprint density at radius 1 is 1.22 bits per heavy atom. The third-order valence-electron chi connectivity index (χ3n) is 4.24. The molecule has 1 aromatic carbocycles. The van der Waals surface area contributed by atoms with Gasteiger partial charge in [-0.1, -0.05) is 49.9 Å². The number of para-hydroxylation sites is 1. The monoisotopic (exact) mass is 425 g/mol. The summed E-state index contributed by atoms with van der Waals surface area (Å²) in [5.74, 6) is 0.569. The van der Waals surface area contributed by atoms with Crippen LogP contribution < -0.4 is 10.7 Å². The van der Waals surface area contributed by atoms with Crippen molar-refractivity contribution < 1.29 is 8.42 Å². The first-order valence-corrected chi connectivity index (χ1v) is 11.4. The molecule has 0 fully saturated rings. The topological polar surface area (TPSA) is 95.1 Å². The van der Waals surface area contributed by atoms with E-state index in [-0.39, 0.29) is 15.2 Å². The molecule has 6 nitrogen and oxygen atoms in total. The highest BCUT2D eigenvalue weighted by Gasteiger charge is 2.20. The molecule has 144 valence electrons. The van der Waals surface area contributed by atoms with Crippen LogP contribution in [-0.2, 0) is 16.4 Å². The van der Waals surface area contributed by atoms with Crippen LogP contribution in [0.15, 0.2) is 39.3 Å². The second kappa shape index (κ2) is 8.10. The van der Waals surface area contributed by atoms with Crippen molar-refractivity contribution in [1.82, 2.24) is 9.55 Å². The number of rotatable bonds is 7. The standard InChI is InChI=1S/C18H20ClN3O3S2/c1-2-3-4-5-10-15-21-17-12(11-16(26-17)27(20,24)25)18(23)22(15)14-9-7-6-8-13(14)19/h6-9,11H,2-5,10H2,1H3,(H2,20,24,25). The number of benzene rings is 1. The van der Waals surface area contributed by atoms with Crippen LogP contribution >= 0.6 is 22.9 Å². The molecular weight excluding hydrogens is 406 g/mol. The minimum absolute atomic E-state index is 0.0732. The molecule has 3 rings (SSSR count). The summed E-state index contributed by atoms with van der Waals surface area (Å²) >= 11 is 7.23. The molecule has 0 saturated heterocycles. The Labute approximate surface area is 166 Å². The van der Waals surface area contributed by atoms with Crippen LogP contribution in [0, 0.1) is 0 Å². The predicted octanol–water partition coefficient (Wildman–Crippen LogP) is 3.87. The van der Waals surface area contributed by atoms with Crippen LogP contribution in [0.5, 0.6) is 0 Å². The molecule has 0 amide bonds. The van der Waals surface area contributed by atoms with Gasteiger partial charge < -0.3 is 0 Å². The fourth-order valence-corrected chi connectivity index (χ4v) is 4.88. The zero-order chi connectivity index (χ0) is 19.6. The molecule has 0 saturated carbocycles. The van der Waals surface area contributed by atoms with Crippen molar-refractivity contribution in [2.75, 3.05) is 0 Å². The van der Waals surface area contributed by atoms with E-state index < -0.39 is 10.0 Å². The lowest BCUT2D eigenvalue weighted by atomic mass is 10.1. The number of aryl methyl sites for hydroxylation is 1. The fraction of sp³-hybridized carbons (Fsp3) is 0.333. The summed E-state index contributed by atoms with van der Waals surface area (Å²) < 4.78 is 24.8. The lowest BCUT2D eigenvalue weighted by Crippen LogP contribution is -2.23. The SMILES string of the molecule is CCCCCCc1nc2sc(S(N)(=O)=O)cc2c(=O)n1-c1ccccc1Cl. The fourth-order valence-electron chi connectivity index (χ4n) is 2.90. The highest BCUT2D eigenvalue weighted by Crippen LogP contribution is 2.27. The summed E-state index contributed by atoms with van der Waals surface area (Å²) in [6, 6.07) is 8.33. The minimum Gasteiger partial charge on any atom is -0.268 e. The Hall–Kier alpha value is -1.74. The second-order valence-corrected chi connectivity index (χ2v) is 9.49. The molecule has 0 radical (unpaired) electrons. The van der Waals surface area contributed by atoms with Gasteiger partial charge in [0, 0.05) is 6.42 Å². The summed E-state index contributed by atoms with van der Waals surface area (Å²) in [7, 11) is -3.90. The van der Waals surface area contributed by atoms with E-state index in [0.29, 0.717) is 27.8 Å². The second-order valence-electron chi connectivity index (χ2n) is 6.26. The van der Waals surface area contributed by atoms with Crippen molar-refractivity contribution in [1.29, 1.82) is 0 Å². The molecule has 9 heteroatoms. The molecule has 0 unspecified atom stereocenters. The molecule has 2 N–H and O–H groups in total. The van der Waals surface area contributed by atoms with Crippen molar-refractivity contribution in [3.63, 3.8) is 0 Å². The van der Waals surface area contributed by atoms with E-state index in [4.69, 9.17) is 16.7 Å². The van der Waals surface area contributed by atoms with Gasteiger partial charge in [-0.05, 0) is 24.6 Å². The molecule has 2 aromatic heterocycles. The number of unbranched alkanes of at least 4 members (excludes halogenated alkanes) is 3. The Morgan fingerprint density at radius 2 is 1.96 bits per heavy atom. The van der Waals surface area contributed by atoms with Gasteiger partial charge in [-0.25, -0.2) is 18.5 Å². The lowest BCUT2D eigenvalue weighted by Gasteiger charge is -2.13. The number of fused-ring (bicyclic) bond motifs is 1. The van der Waals surface area contributed by atoms with E-state index in [2.05, 4.69) is 11.9 Å². The molecule has 27 heavy (non-hydrogen) atoms. The Bertz CT molecular complexity index is 1140. The lowest BCUT2D eigenvalue weighted by molar-refractivity contribution is 0.600. The summed E-state index contributed by atoms with van der Waals surface area (Å²) in [6.07, 6.45) is 4.71. The minimum atomic E-state index is -3.90. The summed E-state index contributed by atoms with van der Waals surface area (Å²) in [5, 5.41) is 5.87. The molecule has 0 aliphatic rings. The third-order valence-corrected chi connectivity index (χ3v) is 7.01. The zero-order valence-electron chi connectivity index (χ0n) is 14.8. The van der Waals surface area contributed by atoms with E-state index in [1.54, 1.807) is 24.3 Å². The van der Waals surface area contributed by atoms with Crippen molar-refractivity contribution in [2.24, 2.45) is 5.14 Å². The molecule has 0 spiro atoms. The summed E-state index contributed by atoms with van der Waals surface area (Å²) in [5.41, 5.74) is 0.192. The first-order chi connectivity index (χ1) is 12.8. The number of sulfonamides is 1. The Morgan fingerprint density at radius 3 is 2.63 bits per heavy atom. The number of hydrogen-bond donors (Lipinski definition) is 1. The Balaban J connectivity index is 2.21. The molecule has 0 bridgehead atoms. The maximum atomic E-state index is 13.2. The smallest absolute Gasteiger partial charge is 0.266 e. The van der Waals surface area contributed by atoms with Crippen molar-refractivity contribution in [3.05, 3.63) is 51.5 Å². The quantitative estimate of drug-likeness (QED) is 0.581. The zero-order valence-corrected chi connectivity index (χ0v) is 17.2. The number of halogens is 1. The average Bonchev–Trinajstić information content (AvgIpc) is 3.05. The maximum absolute atomic E-state index is 13.2. The van der Waals surface area contributed by atoms with Gasteiger partial charge in [-0.3, -0.25) is 9.36 Å². The van der Waals surface area contributed by atoms with Crippen molar-refractivity contribution in [2.45, 2.75) is 43.2 Å². The van der Waals surface area contributed by atoms with E-state index in [1.807, 2.05) is 0 Å². The molecule has 0 atom stereocenters. The Kier molecular flexibility index (Phi) is 6.00. The molecule has 0 aliphatic carbocycles. The number of nitrogens with zero attached hydrogens (tertiary/aromatic N) is 2. The number of thiophene rings is 1. The van der Waals surface area contributed by atoms with E-state index in [0.717, 1.165) is 37.0 Å². The van der Waals surface area contributed by atoms with Crippen molar-refractivity contribution in [3.8, 4) is 5.69 Å². The third kappa shape index (κ3) is 4.24. The maximum Gasteiger partial charge on any atom is 0.266 e. The van der Waals surface area contributed by atoms with Crippen LogP contribution in [-0.4, -0.2) is 18.0 Å². The molecule has 2 heterocycles. The molecule has 0 aliphatic heterocycles. The highest BCUT2D eigenvalue weighted by atomic mass is 35.5. The van der Waals surface area contributed by atoms with Gasteiger partial charge in [0.05, 0.1) is 16.1 Å². The average molecular weight is 426 g/mol. The van der Waals surface area contributed by atoms with Crippen LogP contribution in [0.2, 0.25) is 5.02 Å². The van der Waals surface area contributed by atoms with Gasteiger partial charge in [0.2, 0.25) is 10.0 Å². The number of hydrogen-bond acceptors (Lipinski definition) is 5. The largest absolute Gasteiger partial charge is 0.268 e. The van der Waals surface area contributed by atoms with Crippen LogP contribution in [0.1, 0.15) is 38.4 Å². The molecule has 3 aromatic rings. The first-order valence-electron chi connectivity index (χ1n) is 8.66. The van der Waals surface area contributed by atoms with Gasteiger partial charge in [-0.2, -0.15) is 0 Å². The van der Waals surface area contributed by atoms with E-state index >= 15 is 0 Å². The van der Waals surface area contributed by atoms with Crippen LogP contribution in [0.4, 0.5) is 0 Å². The van der Waals surface area contributed by atoms with Crippen molar-refractivity contribution >= 4 is 43.2 Å². The normalized spacial score (nSPS) is 12.0. The molecular formula is C18H20ClN3O3S2. The summed E-state index contributed by atoms with van der Waals surface area (Å²) in [6.45, 7) is 2.13. The van der Waals surface area contributed by atoms with Gasteiger partial charge in [0.25, 0.3) is 5.56 Å². The number of aromatic nitrogens is 2. The van der Waals surface area contributed by atoms with Gasteiger partial charge in [0.15, 0.2) is 0 Å². The number of primary sulfonamides is 1. The van der Waals surface area contributed by atoms with Gasteiger partial charge >= 0.3 is 0 Å². The highest BCUT2D eigenvalue weighted by molar-refractivity contribution is 7.91. The van der Waals surface area contributed by atoms with Crippen LogP contribution in [0.25, 0.3) is 15.9 Å². The van der Waals surface area contributed by atoms with Gasteiger partial charge in [0.1, 0.15) is 14.9 Å². The summed E-state index contributed by atoms with van der Waals surface area (Å²) in [4.78, 5) is 18.1. The van der Waals surface area contributed by atoms with E-state index in [9.17, 15) is 13.2 Å². The first kappa shape index (κ1) is 20.0.